The summed E-state index contributed by atoms with van der Waals surface area (Å²) in [5, 5.41) is 1.43. The Morgan fingerprint density at radius 3 is 2.25 bits per heavy atom. The van der Waals surface area contributed by atoms with Gasteiger partial charge in [-0.1, -0.05) is 53.1 Å². The van der Waals surface area contributed by atoms with Gasteiger partial charge in [0.2, 0.25) is 0 Å². The van der Waals surface area contributed by atoms with Gasteiger partial charge in [0.05, 0.1) is 5.52 Å². The van der Waals surface area contributed by atoms with Crippen LogP contribution in [0.1, 0.15) is 16.7 Å². The minimum atomic E-state index is 0.511. The van der Waals surface area contributed by atoms with E-state index >= 15 is 0 Å². The quantitative estimate of drug-likeness (QED) is 0.595. The normalized spacial score (nSPS) is 11.0. The van der Waals surface area contributed by atoms with Crippen molar-refractivity contribution < 1.29 is 0 Å². The summed E-state index contributed by atoms with van der Waals surface area (Å²) in [4.78, 5) is 9.12. The Balaban J connectivity index is 2.26. The zero-order valence-corrected chi connectivity index (χ0v) is 12.5. The number of aromatic nitrogens is 2. The number of nitrogens with zero attached hydrogens (tertiary/aromatic N) is 2. The fraction of sp³-hybridized carbons (Fsp3) is 0.176. The van der Waals surface area contributed by atoms with Gasteiger partial charge in [0.15, 0.2) is 5.82 Å². The van der Waals surface area contributed by atoms with E-state index < -0.39 is 0 Å². The minimum absolute atomic E-state index is 0.511. The highest BCUT2D eigenvalue weighted by Gasteiger charge is 2.10. The number of rotatable bonds is 1. The topological polar surface area (TPSA) is 25.8 Å². The van der Waals surface area contributed by atoms with E-state index in [1.807, 2.05) is 18.2 Å². The van der Waals surface area contributed by atoms with E-state index in [9.17, 15) is 0 Å². The summed E-state index contributed by atoms with van der Waals surface area (Å²) in [7, 11) is 0. The molecule has 1 aromatic heterocycles. The van der Waals surface area contributed by atoms with E-state index in [0.717, 1.165) is 22.0 Å². The van der Waals surface area contributed by atoms with E-state index in [1.165, 1.54) is 11.1 Å². The van der Waals surface area contributed by atoms with E-state index in [2.05, 4.69) is 48.9 Å². The molecule has 0 fully saturated rings. The van der Waals surface area contributed by atoms with E-state index in [1.54, 1.807) is 0 Å². The van der Waals surface area contributed by atoms with Gasteiger partial charge in [0.25, 0.3) is 0 Å². The maximum Gasteiger partial charge on any atom is 0.161 e. The molecule has 0 amide bonds. The van der Waals surface area contributed by atoms with Crippen LogP contribution in [0.3, 0.4) is 0 Å². The Bertz CT molecular complexity index is 792. The Morgan fingerprint density at radius 1 is 0.850 bits per heavy atom. The lowest BCUT2D eigenvalue weighted by molar-refractivity contribution is 1.21. The van der Waals surface area contributed by atoms with Gasteiger partial charge in [-0.25, -0.2) is 9.97 Å². The fourth-order valence-corrected chi connectivity index (χ4v) is 2.61. The average Bonchev–Trinajstić information content (AvgIpc) is 2.40. The van der Waals surface area contributed by atoms with Gasteiger partial charge in [-0.2, -0.15) is 0 Å². The van der Waals surface area contributed by atoms with Crippen LogP contribution >= 0.6 is 11.6 Å². The van der Waals surface area contributed by atoms with Crippen LogP contribution in [0.5, 0.6) is 0 Å². The Labute approximate surface area is 123 Å². The first-order valence-corrected chi connectivity index (χ1v) is 6.94. The maximum absolute atomic E-state index is 6.34. The minimum Gasteiger partial charge on any atom is -0.228 e. The molecule has 0 saturated heterocycles. The number of aryl methyl sites for hydroxylation is 3. The molecular weight excluding hydrogens is 268 g/mol. The van der Waals surface area contributed by atoms with Crippen molar-refractivity contribution in [1.82, 2.24) is 9.97 Å². The van der Waals surface area contributed by atoms with Gasteiger partial charge in [-0.15, -0.1) is 0 Å². The first-order valence-electron chi connectivity index (χ1n) is 6.56. The Morgan fingerprint density at radius 2 is 1.55 bits per heavy atom. The highest BCUT2D eigenvalue weighted by atomic mass is 35.5. The van der Waals surface area contributed by atoms with Gasteiger partial charge < -0.3 is 0 Å². The molecule has 3 rings (SSSR count). The summed E-state index contributed by atoms with van der Waals surface area (Å²) in [6, 6.07) is 12.3. The predicted octanol–water partition coefficient (Wildman–Crippen LogP) is 4.88. The molecule has 0 aliphatic carbocycles. The first kappa shape index (κ1) is 13.1. The maximum atomic E-state index is 6.34. The Kier molecular flexibility index (Phi) is 3.19. The molecule has 0 unspecified atom stereocenters. The first-order chi connectivity index (χ1) is 9.54. The van der Waals surface area contributed by atoms with Crippen LogP contribution in [0.15, 0.2) is 36.4 Å². The number of hydrogen-bond donors (Lipinski definition) is 0. The van der Waals surface area contributed by atoms with Gasteiger partial charge in [0.1, 0.15) is 5.15 Å². The molecule has 100 valence electrons. The highest BCUT2D eigenvalue weighted by Crippen LogP contribution is 2.27. The van der Waals surface area contributed by atoms with E-state index in [4.69, 9.17) is 11.6 Å². The van der Waals surface area contributed by atoms with Gasteiger partial charge in [-0.3, -0.25) is 0 Å². The summed E-state index contributed by atoms with van der Waals surface area (Å²) in [5.74, 6) is 0.675. The second kappa shape index (κ2) is 4.88. The lowest BCUT2D eigenvalue weighted by Gasteiger charge is -2.08. The largest absolute Gasteiger partial charge is 0.228 e. The number of fused-ring (bicyclic) bond motifs is 1. The van der Waals surface area contributed by atoms with Crippen LogP contribution in [0.2, 0.25) is 5.15 Å². The molecule has 0 aliphatic rings. The molecule has 0 spiro atoms. The number of hydrogen-bond acceptors (Lipinski definition) is 2. The summed E-state index contributed by atoms with van der Waals surface area (Å²) < 4.78 is 0. The molecular formula is C17H15ClN2. The molecule has 0 saturated carbocycles. The summed E-state index contributed by atoms with van der Waals surface area (Å²) in [6.07, 6.45) is 0. The van der Waals surface area contributed by atoms with Crippen molar-refractivity contribution in [2.45, 2.75) is 20.8 Å². The number of benzene rings is 2. The zero-order valence-electron chi connectivity index (χ0n) is 11.7. The molecule has 0 N–H and O–H groups in total. The van der Waals surface area contributed by atoms with Crippen molar-refractivity contribution in [3.05, 3.63) is 58.2 Å². The van der Waals surface area contributed by atoms with Crippen molar-refractivity contribution >= 4 is 22.5 Å². The fourth-order valence-electron chi connectivity index (χ4n) is 2.38. The van der Waals surface area contributed by atoms with Crippen molar-refractivity contribution in [1.29, 1.82) is 0 Å². The monoisotopic (exact) mass is 282 g/mol. The molecule has 0 atom stereocenters. The lowest BCUT2D eigenvalue weighted by atomic mass is 10.1. The molecule has 3 aromatic rings. The lowest BCUT2D eigenvalue weighted by Crippen LogP contribution is -1.94. The van der Waals surface area contributed by atoms with Gasteiger partial charge >= 0.3 is 0 Å². The van der Waals surface area contributed by atoms with Crippen LogP contribution < -0.4 is 0 Å². The van der Waals surface area contributed by atoms with Crippen molar-refractivity contribution in [3.8, 4) is 11.4 Å². The molecule has 0 bridgehead atoms. The van der Waals surface area contributed by atoms with Gasteiger partial charge in [0, 0.05) is 10.9 Å². The third-order valence-electron chi connectivity index (χ3n) is 3.40. The summed E-state index contributed by atoms with van der Waals surface area (Å²) >= 11 is 6.34. The van der Waals surface area contributed by atoms with Crippen LogP contribution in [0.25, 0.3) is 22.3 Å². The molecule has 1 heterocycles. The van der Waals surface area contributed by atoms with Crippen molar-refractivity contribution in [2.75, 3.05) is 0 Å². The summed E-state index contributed by atoms with van der Waals surface area (Å²) in [5.41, 5.74) is 5.42. The molecule has 20 heavy (non-hydrogen) atoms. The number of halogens is 1. The average molecular weight is 283 g/mol. The molecule has 0 radical (unpaired) electrons. The van der Waals surface area contributed by atoms with E-state index in [0.29, 0.717) is 11.0 Å². The SMILES string of the molecule is Cc1ccc(-c2nc(Cl)c3cc(C)cc(C)c3n2)cc1. The van der Waals surface area contributed by atoms with Crippen LogP contribution in [0, 0.1) is 20.8 Å². The smallest absolute Gasteiger partial charge is 0.161 e. The predicted molar refractivity (Wildman–Crippen MR) is 84.2 cm³/mol. The highest BCUT2D eigenvalue weighted by molar-refractivity contribution is 6.34. The second-order valence-corrected chi connectivity index (χ2v) is 5.54. The third kappa shape index (κ3) is 2.27. The van der Waals surface area contributed by atoms with Crippen LogP contribution in [-0.2, 0) is 0 Å². The molecule has 3 heteroatoms. The standard InChI is InChI=1S/C17H15ClN2/c1-10-4-6-13(7-5-10)17-19-15-12(3)8-11(2)9-14(15)16(18)20-17/h4-9H,1-3H3. The third-order valence-corrected chi connectivity index (χ3v) is 3.69. The molecule has 0 aliphatic heterocycles. The van der Waals surface area contributed by atoms with Crippen molar-refractivity contribution in [3.63, 3.8) is 0 Å². The van der Waals surface area contributed by atoms with Crippen LogP contribution in [-0.4, -0.2) is 9.97 Å². The van der Waals surface area contributed by atoms with Crippen LogP contribution in [0.4, 0.5) is 0 Å². The Hall–Kier alpha value is -1.93. The zero-order chi connectivity index (χ0) is 14.3. The summed E-state index contributed by atoms with van der Waals surface area (Å²) in [6.45, 7) is 6.17. The van der Waals surface area contributed by atoms with Gasteiger partial charge in [-0.05, 0) is 32.4 Å². The molecule has 2 aromatic carbocycles. The van der Waals surface area contributed by atoms with Crippen molar-refractivity contribution in [2.24, 2.45) is 0 Å². The van der Waals surface area contributed by atoms with E-state index in [-0.39, 0.29) is 0 Å². The molecule has 2 nitrogen and oxygen atoms in total. The second-order valence-electron chi connectivity index (χ2n) is 5.18.